The van der Waals surface area contributed by atoms with Crippen molar-refractivity contribution < 1.29 is 9.32 Å². The van der Waals surface area contributed by atoms with Crippen molar-refractivity contribution in [3.05, 3.63) is 12.7 Å². The number of aliphatic hydroxyl groups excluding tert-OH is 1. The largest absolute Gasteiger partial charge is 0.388 e. The van der Waals surface area contributed by atoms with Crippen molar-refractivity contribution >= 4 is 22.6 Å². The van der Waals surface area contributed by atoms with E-state index in [1.807, 2.05) is 13.8 Å². The van der Waals surface area contributed by atoms with E-state index in [-0.39, 0.29) is 9.33 Å². The number of aliphatic hydroxyl groups is 1. The molecule has 0 bridgehead atoms. The minimum Gasteiger partial charge on any atom is -0.388 e. The smallest absolute Gasteiger partial charge is 0.0862 e. The van der Waals surface area contributed by atoms with Crippen molar-refractivity contribution in [2.75, 3.05) is 5.75 Å². The molecule has 1 aliphatic heterocycles. The van der Waals surface area contributed by atoms with E-state index in [4.69, 9.17) is 0 Å². The van der Waals surface area contributed by atoms with Crippen LogP contribution in [0.2, 0.25) is 0 Å². The van der Waals surface area contributed by atoms with Gasteiger partial charge in [-0.3, -0.25) is 4.21 Å². The van der Waals surface area contributed by atoms with E-state index in [1.165, 1.54) is 6.08 Å². The predicted molar refractivity (Wildman–Crippen MR) is 59.3 cm³/mol. The molecular formula is C9H16O2S2. The summed E-state index contributed by atoms with van der Waals surface area (Å²) in [6.45, 7) is 7.46. The highest BCUT2D eigenvalue weighted by Gasteiger charge is 2.39. The van der Waals surface area contributed by atoms with E-state index in [0.717, 1.165) is 12.2 Å². The first-order valence-electron chi connectivity index (χ1n) is 4.34. The van der Waals surface area contributed by atoms with E-state index in [2.05, 4.69) is 6.58 Å². The molecule has 0 aromatic rings. The fraction of sp³-hybridized carbons (Fsp3) is 0.778. The molecule has 0 aromatic heterocycles. The molecule has 0 radical (unpaired) electrons. The first-order chi connectivity index (χ1) is 5.99. The Morgan fingerprint density at radius 2 is 2.38 bits per heavy atom. The molecule has 1 heterocycles. The van der Waals surface area contributed by atoms with Crippen molar-refractivity contribution in [1.82, 2.24) is 0 Å². The Morgan fingerprint density at radius 1 is 1.77 bits per heavy atom. The van der Waals surface area contributed by atoms with Gasteiger partial charge in [-0.15, -0.1) is 18.3 Å². The van der Waals surface area contributed by atoms with Gasteiger partial charge in [-0.2, -0.15) is 0 Å². The summed E-state index contributed by atoms with van der Waals surface area (Å²) in [6.07, 6.45) is 1.67. The molecule has 2 nitrogen and oxygen atoms in total. The normalized spacial score (nSPS) is 35.3. The molecule has 0 aromatic carbocycles. The van der Waals surface area contributed by atoms with Crippen LogP contribution < -0.4 is 0 Å². The lowest BCUT2D eigenvalue weighted by Gasteiger charge is -2.35. The summed E-state index contributed by atoms with van der Waals surface area (Å²) in [4.78, 5) is 0. The molecule has 0 aliphatic carbocycles. The average Bonchev–Trinajstić information content (AvgIpc) is 2.08. The molecule has 1 saturated heterocycles. The average molecular weight is 220 g/mol. The maximum Gasteiger partial charge on any atom is 0.0862 e. The lowest BCUT2D eigenvalue weighted by atomic mass is 10.2. The maximum absolute atomic E-state index is 11.9. The van der Waals surface area contributed by atoms with Gasteiger partial charge in [-0.05, 0) is 26.0 Å². The Morgan fingerprint density at radius 3 is 2.92 bits per heavy atom. The van der Waals surface area contributed by atoms with Gasteiger partial charge in [0.1, 0.15) is 0 Å². The SMILES string of the molecule is C=CC(O)C1CCSC(C)(C)S1=O. The number of rotatable bonds is 2. The number of hydrogen-bond acceptors (Lipinski definition) is 3. The van der Waals surface area contributed by atoms with Crippen LogP contribution in [0.25, 0.3) is 0 Å². The summed E-state index contributed by atoms with van der Waals surface area (Å²) in [6, 6.07) is 0. The van der Waals surface area contributed by atoms with Crippen LogP contribution in [-0.2, 0) is 10.8 Å². The Hall–Kier alpha value is 0.200. The van der Waals surface area contributed by atoms with Crippen LogP contribution in [0, 0.1) is 0 Å². The zero-order valence-corrected chi connectivity index (χ0v) is 9.66. The van der Waals surface area contributed by atoms with Crippen LogP contribution in [0.4, 0.5) is 0 Å². The van der Waals surface area contributed by atoms with Crippen molar-refractivity contribution in [2.24, 2.45) is 0 Å². The van der Waals surface area contributed by atoms with Crippen LogP contribution in [0.3, 0.4) is 0 Å². The Kier molecular flexibility index (Phi) is 3.60. The lowest BCUT2D eigenvalue weighted by Crippen LogP contribution is -2.42. The molecule has 0 spiro atoms. The zero-order chi connectivity index (χ0) is 10.1. The van der Waals surface area contributed by atoms with Crippen molar-refractivity contribution in [3.63, 3.8) is 0 Å². The fourth-order valence-electron chi connectivity index (χ4n) is 1.40. The van der Waals surface area contributed by atoms with Gasteiger partial charge in [0.2, 0.25) is 0 Å². The van der Waals surface area contributed by atoms with E-state index in [9.17, 15) is 9.32 Å². The summed E-state index contributed by atoms with van der Waals surface area (Å²) in [7, 11) is -0.977. The Balaban J connectivity index is 2.77. The summed E-state index contributed by atoms with van der Waals surface area (Å²) in [5.41, 5.74) is 0. The molecular weight excluding hydrogens is 204 g/mol. The monoisotopic (exact) mass is 220 g/mol. The van der Waals surface area contributed by atoms with Crippen LogP contribution >= 0.6 is 11.8 Å². The first-order valence-corrected chi connectivity index (χ1v) is 6.54. The van der Waals surface area contributed by atoms with E-state index >= 15 is 0 Å². The third-order valence-corrected chi connectivity index (χ3v) is 6.25. The first kappa shape index (κ1) is 11.3. The summed E-state index contributed by atoms with van der Waals surface area (Å²) in [5, 5.41) is 9.43. The van der Waals surface area contributed by atoms with Gasteiger partial charge in [0.15, 0.2) is 0 Å². The Labute approximate surface area is 86.3 Å². The van der Waals surface area contributed by atoms with Gasteiger partial charge in [0.05, 0.1) is 15.4 Å². The molecule has 13 heavy (non-hydrogen) atoms. The van der Waals surface area contributed by atoms with Gasteiger partial charge in [-0.1, -0.05) is 6.08 Å². The zero-order valence-electron chi connectivity index (χ0n) is 8.03. The second-order valence-corrected chi connectivity index (χ2v) is 7.80. The Bertz CT molecular complexity index is 226. The second-order valence-electron chi connectivity index (χ2n) is 3.60. The molecule has 3 atom stereocenters. The summed E-state index contributed by atoms with van der Waals surface area (Å²) >= 11 is 1.71. The highest BCUT2D eigenvalue weighted by atomic mass is 32.2. The highest BCUT2D eigenvalue weighted by molar-refractivity contribution is 8.13. The molecule has 76 valence electrons. The third-order valence-electron chi connectivity index (χ3n) is 2.23. The molecule has 1 fully saturated rings. The van der Waals surface area contributed by atoms with Gasteiger partial charge >= 0.3 is 0 Å². The van der Waals surface area contributed by atoms with Crippen molar-refractivity contribution in [2.45, 2.75) is 35.7 Å². The number of hydrogen-bond donors (Lipinski definition) is 1. The molecule has 3 unspecified atom stereocenters. The number of thioether (sulfide) groups is 1. The van der Waals surface area contributed by atoms with Gasteiger partial charge < -0.3 is 5.11 Å². The summed E-state index contributed by atoms with van der Waals surface area (Å²) < 4.78 is 11.7. The van der Waals surface area contributed by atoms with Crippen LogP contribution in [0.5, 0.6) is 0 Å². The second kappa shape index (κ2) is 4.15. The van der Waals surface area contributed by atoms with Crippen molar-refractivity contribution in [3.8, 4) is 0 Å². The standard InChI is InChI=1S/C9H16O2S2/c1-4-7(10)8-5-6-12-9(2,3)13(8)11/h4,7-8,10H,1,5-6H2,2-3H3. The predicted octanol–water partition coefficient (Wildman–Crippen LogP) is 1.52. The van der Waals surface area contributed by atoms with Crippen LogP contribution in [-0.4, -0.2) is 30.5 Å². The minimum atomic E-state index is -0.977. The van der Waals surface area contributed by atoms with Gasteiger partial charge in [0.25, 0.3) is 0 Å². The van der Waals surface area contributed by atoms with Crippen molar-refractivity contribution in [1.29, 1.82) is 0 Å². The topological polar surface area (TPSA) is 37.3 Å². The molecule has 4 heteroatoms. The van der Waals surface area contributed by atoms with E-state index in [1.54, 1.807) is 11.8 Å². The van der Waals surface area contributed by atoms with Crippen LogP contribution in [0.15, 0.2) is 12.7 Å². The van der Waals surface area contributed by atoms with E-state index in [0.29, 0.717) is 0 Å². The highest BCUT2D eigenvalue weighted by Crippen LogP contribution is 2.37. The molecule has 1 aliphatic rings. The van der Waals surface area contributed by atoms with E-state index < -0.39 is 16.9 Å². The van der Waals surface area contributed by atoms with Gasteiger partial charge in [0, 0.05) is 10.8 Å². The lowest BCUT2D eigenvalue weighted by molar-refractivity contribution is 0.215. The molecule has 1 rings (SSSR count). The molecule has 0 amide bonds. The summed E-state index contributed by atoms with van der Waals surface area (Å²) in [5.74, 6) is 0.967. The molecule has 0 saturated carbocycles. The fourth-order valence-corrected chi connectivity index (χ4v) is 4.92. The minimum absolute atomic E-state index is 0.131. The maximum atomic E-state index is 11.9. The quantitative estimate of drug-likeness (QED) is 0.717. The molecule has 1 N–H and O–H groups in total. The van der Waals surface area contributed by atoms with Crippen LogP contribution in [0.1, 0.15) is 20.3 Å². The third kappa shape index (κ3) is 2.36. The van der Waals surface area contributed by atoms with Gasteiger partial charge in [-0.25, -0.2) is 0 Å².